The molecule has 0 atom stereocenters. The fraction of sp³-hybridized carbons (Fsp3) is 0.357. The molecule has 3 N–H and O–H groups in total. The number of nitrogens with zero attached hydrogens (tertiary/aromatic N) is 2. The second kappa shape index (κ2) is 9.01. The molecule has 1 aliphatic heterocycles. The van der Waals surface area contributed by atoms with Crippen molar-refractivity contribution in [2.45, 2.75) is 49.0 Å². The van der Waals surface area contributed by atoms with E-state index in [1.54, 1.807) is 18.2 Å². The van der Waals surface area contributed by atoms with E-state index in [2.05, 4.69) is 33.4 Å². The standard InChI is InChI=1S/C28H32N4O3S/c1-36(29,34)24-8-2-18(3-9-24)17-30-27(33)25-10-11-26-28(31-25)35-13-12-32(26)23-15-21(19-4-5-19)14-22(16-23)20-6-7-20/h2-3,8-11,14-16,19-20,36H,4-7,12-13,17H2,1H3,(H2,29,34)(H,30,33). The molecule has 2 aromatic carbocycles. The number of nitrogens with two attached hydrogens (primary N) is 1. The molecule has 0 radical (unpaired) electrons. The quantitative estimate of drug-likeness (QED) is 0.420. The van der Waals surface area contributed by atoms with E-state index in [1.807, 2.05) is 18.2 Å². The summed E-state index contributed by atoms with van der Waals surface area (Å²) in [4.78, 5) is 20.3. The molecule has 3 aromatic rings. The fourth-order valence-electron chi connectivity index (χ4n) is 4.80. The number of hydrogen-bond acceptors (Lipinski definition) is 5. The Hall–Kier alpha value is -3.23. The number of fused-ring (bicyclic) bond motifs is 1. The lowest BCUT2D eigenvalue weighted by Gasteiger charge is -2.31. The molecule has 36 heavy (non-hydrogen) atoms. The van der Waals surface area contributed by atoms with Crippen molar-refractivity contribution in [1.29, 1.82) is 0 Å². The van der Waals surface area contributed by atoms with Gasteiger partial charge in [-0.2, -0.15) is 0 Å². The van der Waals surface area contributed by atoms with Crippen LogP contribution in [0.1, 0.15) is 64.7 Å². The Bertz CT molecular complexity index is 1330. The summed E-state index contributed by atoms with van der Waals surface area (Å²) in [6.45, 7) is 1.61. The molecule has 2 aliphatic carbocycles. The third-order valence-electron chi connectivity index (χ3n) is 7.19. The second-order valence-electron chi connectivity index (χ2n) is 10.3. The molecule has 0 bridgehead atoms. The number of hydrogen-bond donors (Lipinski definition) is 3. The SMILES string of the molecule is C[SH](N)(=O)c1ccc(CNC(=O)c2ccc3c(n2)OCCN3c2cc(C3CC3)cc(C3CC3)c2)cc1. The van der Waals surface area contributed by atoms with Crippen molar-refractivity contribution < 1.29 is 13.7 Å². The first-order chi connectivity index (χ1) is 17.3. The number of thiol groups is 1. The first-order valence-corrected chi connectivity index (χ1v) is 14.9. The van der Waals surface area contributed by atoms with Gasteiger partial charge in [0.15, 0.2) is 0 Å². The molecule has 1 aromatic heterocycles. The van der Waals surface area contributed by atoms with Gasteiger partial charge in [-0.1, -0.05) is 18.2 Å². The van der Waals surface area contributed by atoms with E-state index < -0.39 is 10.1 Å². The summed E-state index contributed by atoms with van der Waals surface area (Å²) in [6, 6.07) is 17.9. The summed E-state index contributed by atoms with van der Waals surface area (Å²) in [5, 5.41) is 8.62. The zero-order chi connectivity index (χ0) is 24.9. The lowest BCUT2D eigenvalue weighted by molar-refractivity contribution is 0.0944. The number of amides is 1. The molecule has 8 heteroatoms. The molecule has 0 saturated heterocycles. The van der Waals surface area contributed by atoms with Crippen molar-refractivity contribution in [2.24, 2.45) is 5.14 Å². The van der Waals surface area contributed by atoms with Crippen molar-refractivity contribution >= 4 is 27.4 Å². The Morgan fingerprint density at radius 3 is 2.33 bits per heavy atom. The summed E-state index contributed by atoms with van der Waals surface area (Å²) in [7, 11) is -2.79. The summed E-state index contributed by atoms with van der Waals surface area (Å²) >= 11 is 0. The van der Waals surface area contributed by atoms with E-state index in [0.29, 0.717) is 41.5 Å². The summed E-state index contributed by atoms with van der Waals surface area (Å²) in [5.74, 6) is 1.62. The molecule has 0 spiro atoms. The van der Waals surface area contributed by atoms with Gasteiger partial charge in [-0.3, -0.25) is 14.1 Å². The number of carbonyl (C=O) groups excluding carboxylic acids is 1. The fourth-order valence-corrected chi connectivity index (χ4v) is 5.54. The van der Waals surface area contributed by atoms with Crippen molar-refractivity contribution in [1.82, 2.24) is 10.3 Å². The highest BCUT2D eigenvalue weighted by atomic mass is 32.3. The number of carbonyl (C=O) groups is 1. The predicted octanol–water partition coefficient (Wildman–Crippen LogP) is 4.18. The molecule has 2 fully saturated rings. The van der Waals surface area contributed by atoms with E-state index in [1.165, 1.54) is 48.8 Å². The molecule has 7 nitrogen and oxygen atoms in total. The average molecular weight is 505 g/mol. The van der Waals surface area contributed by atoms with E-state index in [-0.39, 0.29) is 5.91 Å². The first-order valence-electron chi connectivity index (χ1n) is 12.7. The molecule has 2 heterocycles. The lowest BCUT2D eigenvalue weighted by Crippen LogP contribution is -2.30. The Balaban J connectivity index is 1.19. The highest BCUT2D eigenvalue weighted by Gasteiger charge is 2.30. The van der Waals surface area contributed by atoms with E-state index >= 15 is 0 Å². The van der Waals surface area contributed by atoms with Crippen LogP contribution in [-0.2, 0) is 16.7 Å². The minimum atomic E-state index is -2.79. The van der Waals surface area contributed by atoms with Crippen molar-refractivity contribution in [3.63, 3.8) is 0 Å². The summed E-state index contributed by atoms with van der Waals surface area (Å²) in [5.41, 5.74) is 6.21. The minimum Gasteiger partial charge on any atom is -0.474 e. The van der Waals surface area contributed by atoms with E-state index in [4.69, 9.17) is 9.88 Å². The van der Waals surface area contributed by atoms with Crippen molar-refractivity contribution in [3.05, 3.63) is 77.0 Å². The number of anilines is 2. The maximum Gasteiger partial charge on any atom is 0.270 e. The molecule has 2 saturated carbocycles. The minimum absolute atomic E-state index is 0.269. The summed E-state index contributed by atoms with van der Waals surface area (Å²) < 4.78 is 17.9. The number of nitrogens with one attached hydrogen (secondary N) is 1. The summed E-state index contributed by atoms with van der Waals surface area (Å²) in [6.07, 6.45) is 6.66. The van der Waals surface area contributed by atoms with Gasteiger partial charge in [0.05, 0.1) is 6.54 Å². The molecule has 0 unspecified atom stereocenters. The molecule has 1 amide bonds. The van der Waals surface area contributed by atoms with Crippen molar-refractivity contribution in [2.75, 3.05) is 24.3 Å². The Kier molecular flexibility index (Phi) is 5.80. The zero-order valence-corrected chi connectivity index (χ0v) is 21.3. The first kappa shape index (κ1) is 23.2. The van der Waals surface area contributed by atoms with Crippen LogP contribution in [0.5, 0.6) is 5.88 Å². The van der Waals surface area contributed by atoms with Gasteiger partial charge in [0.1, 0.15) is 18.0 Å². The normalized spacial score (nSPS) is 17.8. The van der Waals surface area contributed by atoms with Gasteiger partial charge < -0.3 is 15.0 Å². The molecular weight excluding hydrogens is 472 g/mol. The van der Waals surface area contributed by atoms with Gasteiger partial charge in [-0.25, -0.2) is 4.98 Å². The maximum atomic E-state index is 12.8. The molecule has 6 rings (SSSR count). The monoisotopic (exact) mass is 504 g/mol. The maximum absolute atomic E-state index is 12.8. The smallest absolute Gasteiger partial charge is 0.270 e. The highest BCUT2D eigenvalue weighted by Crippen LogP contribution is 2.47. The average Bonchev–Trinajstić information content (AvgIpc) is 3.78. The molecule has 188 valence electrons. The van der Waals surface area contributed by atoms with Gasteiger partial charge >= 0.3 is 0 Å². The van der Waals surface area contributed by atoms with Crippen LogP contribution in [0.25, 0.3) is 0 Å². The van der Waals surface area contributed by atoms with Crippen LogP contribution in [0.2, 0.25) is 0 Å². The van der Waals surface area contributed by atoms with Crippen LogP contribution < -0.4 is 20.1 Å². The number of pyridine rings is 1. The molecule has 3 aliphatic rings. The Morgan fingerprint density at radius 1 is 1.06 bits per heavy atom. The second-order valence-corrected chi connectivity index (χ2v) is 12.8. The number of ether oxygens (including phenoxy) is 1. The van der Waals surface area contributed by atoms with E-state index in [0.717, 1.165) is 17.8 Å². The van der Waals surface area contributed by atoms with E-state index in [9.17, 15) is 9.00 Å². The third kappa shape index (κ3) is 4.88. The van der Waals surface area contributed by atoms with Gasteiger partial charge in [-0.05, 0) is 101 Å². The zero-order valence-electron chi connectivity index (χ0n) is 20.4. The number of aromatic nitrogens is 1. The van der Waals surface area contributed by atoms with Gasteiger partial charge in [0.2, 0.25) is 5.88 Å². The number of rotatable bonds is 7. The van der Waals surface area contributed by atoms with Crippen LogP contribution in [0, 0.1) is 0 Å². The van der Waals surface area contributed by atoms with Crippen LogP contribution in [0.15, 0.2) is 59.5 Å². The third-order valence-corrected chi connectivity index (χ3v) is 8.51. The molecular formula is C28H32N4O3S. The predicted molar refractivity (Wildman–Crippen MR) is 143 cm³/mol. The van der Waals surface area contributed by atoms with Gasteiger partial charge in [0, 0.05) is 23.4 Å². The number of benzene rings is 2. The van der Waals surface area contributed by atoms with Crippen LogP contribution in [0.3, 0.4) is 0 Å². The highest BCUT2D eigenvalue weighted by molar-refractivity contribution is 8.00. The Morgan fingerprint density at radius 2 is 1.72 bits per heavy atom. The van der Waals surface area contributed by atoms with Gasteiger partial charge in [-0.15, -0.1) is 0 Å². The van der Waals surface area contributed by atoms with Crippen molar-refractivity contribution in [3.8, 4) is 5.88 Å². The largest absolute Gasteiger partial charge is 0.474 e. The Labute approximate surface area is 212 Å². The topological polar surface area (TPSA) is 97.5 Å². The van der Waals surface area contributed by atoms with Gasteiger partial charge in [0.25, 0.3) is 5.91 Å². The van der Waals surface area contributed by atoms with Crippen LogP contribution in [-0.4, -0.2) is 34.5 Å². The van der Waals surface area contributed by atoms with Crippen LogP contribution >= 0.6 is 0 Å². The van der Waals surface area contributed by atoms with Crippen LogP contribution in [0.4, 0.5) is 11.4 Å². The lowest BCUT2D eigenvalue weighted by atomic mass is 10.0.